The van der Waals surface area contributed by atoms with Gasteiger partial charge in [0.2, 0.25) is 5.91 Å². The molecule has 4 nitrogen and oxygen atoms in total. The molecule has 0 N–H and O–H groups in total. The minimum absolute atomic E-state index is 0.0955. The number of piperidine rings is 1. The zero-order valence-electron chi connectivity index (χ0n) is 14.2. The van der Waals surface area contributed by atoms with E-state index in [2.05, 4.69) is 31.0 Å². The second kappa shape index (κ2) is 6.67. The van der Waals surface area contributed by atoms with Crippen molar-refractivity contribution < 1.29 is 4.79 Å². The van der Waals surface area contributed by atoms with Crippen LogP contribution in [0.2, 0.25) is 0 Å². The van der Waals surface area contributed by atoms with Crippen LogP contribution in [0.25, 0.3) is 11.3 Å². The number of nitrogens with zero attached hydrogens (tertiary/aromatic N) is 3. The fourth-order valence-corrected chi connectivity index (χ4v) is 3.43. The van der Waals surface area contributed by atoms with Crippen molar-refractivity contribution in [2.75, 3.05) is 20.1 Å². The van der Waals surface area contributed by atoms with Crippen LogP contribution in [0, 0.1) is 12.8 Å². The summed E-state index contributed by atoms with van der Waals surface area (Å²) >= 11 is 0. The molecule has 4 heteroatoms. The molecule has 0 aliphatic carbocycles. The van der Waals surface area contributed by atoms with E-state index >= 15 is 0 Å². The van der Waals surface area contributed by atoms with Crippen molar-refractivity contribution in [3.05, 3.63) is 41.6 Å². The molecular formula is C19H25N3O. The highest BCUT2D eigenvalue weighted by Crippen LogP contribution is 2.27. The molecule has 1 aliphatic heterocycles. The predicted octanol–water partition coefficient (Wildman–Crippen LogP) is 3.40. The number of hydrogen-bond acceptors (Lipinski definition) is 3. The van der Waals surface area contributed by atoms with Crippen LogP contribution in [0.3, 0.4) is 0 Å². The van der Waals surface area contributed by atoms with Crippen molar-refractivity contribution in [1.82, 2.24) is 14.7 Å². The van der Waals surface area contributed by atoms with Gasteiger partial charge in [0.15, 0.2) is 0 Å². The van der Waals surface area contributed by atoms with Gasteiger partial charge in [-0.2, -0.15) is 5.10 Å². The van der Waals surface area contributed by atoms with Crippen molar-refractivity contribution in [2.45, 2.75) is 33.1 Å². The number of carbonyl (C=O) groups excluding carboxylic acids is 1. The van der Waals surface area contributed by atoms with Gasteiger partial charge in [0.25, 0.3) is 0 Å². The second-order valence-corrected chi connectivity index (χ2v) is 6.46. The number of likely N-dealkylation sites (tertiary alicyclic amines) is 1. The lowest BCUT2D eigenvalue weighted by Crippen LogP contribution is -2.36. The Morgan fingerprint density at radius 2 is 1.87 bits per heavy atom. The van der Waals surface area contributed by atoms with Gasteiger partial charge in [0, 0.05) is 22.7 Å². The van der Waals surface area contributed by atoms with Gasteiger partial charge in [-0.1, -0.05) is 37.3 Å². The molecule has 3 rings (SSSR count). The van der Waals surface area contributed by atoms with E-state index in [1.54, 1.807) is 4.68 Å². The molecular weight excluding hydrogens is 286 g/mol. The Balaban J connectivity index is 1.94. The highest BCUT2D eigenvalue weighted by atomic mass is 16.2. The third-order valence-electron chi connectivity index (χ3n) is 4.92. The van der Waals surface area contributed by atoms with Gasteiger partial charge in [-0.15, -0.1) is 0 Å². The number of hydrogen-bond donors (Lipinski definition) is 0. The molecule has 23 heavy (non-hydrogen) atoms. The largest absolute Gasteiger partial charge is 0.306 e. The van der Waals surface area contributed by atoms with Crippen LogP contribution in [0.5, 0.6) is 0 Å². The van der Waals surface area contributed by atoms with Crippen LogP contribution in [-0.2, 0) is 6.42 Å². The Bertz CT molecular complexity index is 682. The Hall–Kier alpha value is -1.94. The monoisotopic (exact) mass is 311 g/mol. The molecule has 0 radical (unpaired) electrons. The first kappa shape index (κ1) is 15.9. The first-order valence-corrected chi connectivity index (χ1v) is 8.48. The van der Waals surface area contributed by atoms with E-state index in [4.69, 9.17) is 5.10 Å². The van der Waals surface area contributed by atoms with Gasteiger partial charge in [-0.05, 0) is 46.3 Å². The summed E-state index contributed by atoms with van der Waals surface area (Å²) < 4.78 is 1.66. The van der Waals surface area contributed by atoms with Gasteiger partial charge >= 0.3 is 0 Å². The number of aromatic nitrogens is 2. The number of rotatable bonds is 3. The van der Waals surface area contributed by atoms with E-state index in [0.29, 0.717) is 0 Å². The van der Waals surface area contributed by atoms with E-state index in [9.17, 15) is 4.79 Å². The molecule has 0 atom stereocenters. The summed E-state index contributed by atoms with van der Waals surface area (Å²) in [7, 11) is 2.11. The van der Waals surface area contributed by atoms with Crippen molar-refractivity contribution in [3.8, 4) is 11.3 Å². The summed E-state index contributed by atoms with van der Waals surface area (Å²) in [6, 6.07) is 10.2. The van der Waals surface area contributed by atoms with Crippen molar-refractivity contribution in [2.24, 2.45) is 5.92 Å². The molecule has 0 bridgehead atoms. The topological polar surface area (TPSA) is 38.1 Å². The third-order valence-corrected chi connectivity index (χ3v) is 4.92. The van der Waals surface area contributed by atoms with E-state index in [1.807, 2.05) is 25.1 Å². The van der Waals surface area contributed by atoms with E-state index < -0.39 is 0 Å². The maximum atomic E-state index is 12.9. The van der Waals surface area contributed by atoms with Gasteiger partial charge in [0.05, 0.1) is 5.69 Å². The molecule has 0 amide bonds. The van der Waals surface area contributed by atoms with Gasteiger partial charge in [0.1, 0.15) is 0 Å². The molecule has 1 aliphatic rings. The molecule has 2 heterocycles. The standard InChI is InChI=1S/C19H25N3O/c1-4-17-14(2)22(19(23)16-10-12-21(3)13-11-16)20-18(17)15-8-6-5-7-9-15/h5-9,16H,4,10-13H2,1-3H3. The molecule has 0 spiro atoms. The van der Waals surface area contributed by atoms with Gasteiger partial charge in [-0.25, -0.2) is 4.68 Å². The van der Waals surface area contributed by atoms with Crippen LogP contribution in [0.15, 0.2) is 30.3 Å². The minimum atomic E-state index is 0.0955. The predicted molar refractivity (Wildman–Crippen MR) is 92.6 cm³/mol. The molecule has 122 valence electrons. The number of benzene rings is 1. The lowest BCUT2D eigenvalue weighted by molar-refractivity contribution is 0.0749. The molecule has 2 aromatic rings. The van der Waals surface area contributed by atoms with Crippen molar-refractivity contribution in [1.29, 1.82) is 0 Å². The van der Waals surface area contributed by atoms with E-state index in [-0.39, 0.29) is 11.8 Å². The van der Waals surface area contributed by atoms with Crippen LogP contribution >= 0.6 is 0 Å². The first-order chi connectivity index (χ1) is 11.1. The average molecular weight is 311 g/mol. The second-order valence-electron chi connectivity index (χ2n) is 6.46. The highest BCUT2D eigenvalue weighted by molar-refractivity contribution is 5.83. The maximum absolute atomic E-state index is 12.9. The fourth-order valence-electron chi connectivity index (χ4n) is 3.43. The van der Waals surface area contributed by atoms with Crippen LogP contribution in [0.1, 0.15) is 35.8 Å². The van der Waals surface area contributed by atoms with Gasteiger partial charge < -0.3 is 4.90 Å². The summed E-state index contributed by atoms with van der Waals surface area (Å²) in [5.74, 6) is 0.255. The fraction of sp³-hybridized carbons (Fsp3) is 0.474. The molecule has 0 unspecified atom stereocenters. The third kappa shape index (κ3) is 3.08. The van der Waals surface area contributed by atoms with E-state index in [1.165, 1.54) is 5.56 Å². The SMILES string of the molecule is CCc1c(-c2ccccc2)nn(C(=O)C2CCN(C)CC2)c1C. The molecule has 1 saturated heterocycles. The quantitative estimate of drug-likeness (QED) is 0.872. The zero-order chi connectivity index (χ0) is 16.4. The Labute approximate surface area is 138 Å². The van der Waals surface area contributed by atoms with Crippen LogP contribution in [0.4, 0.5) is 0 Å². The molecule has 0 saturated carbocycles. The summed E-state index contributed by atoms with van der Waals surface area (Å²) in [5.41, 5.74) is 4.21. The summed E-state index contributed by atoms with van der Waals surface area (Å²) in [4.78, 5) is 15.2. The van der Waals surface area contributed by atoms with Gasteiger partial charge in [-0.3, -0.25) is 4.79 Å². The lowest BCUT2D eigenvalue weighted by Gasteiger charge is -2.27. The minimum Gasteiger partial charge on any atom is -0.306 e. The summed E-state index contributed by atoms with van der Waals surface area (Å²) in [6.45, 7) is 6.12. The van der Waals surface area contributed by atoms with Crippen LogP contribution < -0.4 is 0 Å². The van der Waals surface area contributed by atoms with Crippen LogP contribution in [-0.4, -0.2) is 40.7 Å². The average Bonchev–Trinajstić information content (AvgIpc) is 2.92. The Morgan fingerprint density at radius 1 is 1.22 bits per heavy atom. The summed E-state index contributed by atoms with van der Waals surface area (Å²) in [6.07, 6.45) is 2.74. The first-order valence-electron chi connectivity index (χ1n) is 8.48. The smallest absolute Gasteiger partial charge is 0.250 e. The lowest BCUT2D eigenvalue weighted by atomic mass is 9.96. The van der Waals surface area contributed by atoms with Crippen molar-refractivity contribution in [3.63, 3.8) is 0 Å². The maximum Gasteiger partial charge on any atom is 0.250 e. The normalized spacial score (nSPS) is 16.7. The number of carbonyl (C=O) groups is 1. The highest BCUT2D eigenvalue weighted by Gasteiger charge is 2.27. The Kier molecular flexibility index (Phi) is 4.62. The Morgan fingerprint density at radius 3 is 2.48 bits per heavy atom. The van der Waals surface area contributed by atoms with Crippen molar-refractivity contribution >= 4 is 5.91 Å². The summed E-state index contributed by atoms with van der Waals surface area (Å²) in [5, 5.41) is 4.70. The molecule has 1 fully saturated rings. The zero-order valence-corrected chi connectivity index (χ0v) is 14.2. The van der Waals surface area contributed by atoms with E-state index in [0.717, 1.165) is 49.3 Å². The molecule has 1 aromatic carbocycles. The molecule has 1 aromatic heterocycles.